The Balaban J connectivity index is 1.52. The summed E-state index contributed by atoms with van der Waals surface area (Å²) in [5, 5.41) is 30.3. The number of aromatic carboxylic acids is 1. The number of amides is 2. The molecule has 0 spiro atoms. The molecular weight excluding hydrogens is 545 g/mol. The molecule has 2 amide bonds. The summed E-state index contributed by atoms with van der Waals surface area (Å²) in [7, 11) is 0. The fourth-order valence-electron chi connectivity index (χ4n) is 4.06. The largest absolute Gasteiger partial charge is 0.493 e. The minimum Gasteiger partial charge on any atom is -0.493 e. The molecule has 3 N–H and O–H groups in total. The van der Waals surface area contributed by atoms with Crippen LogP contribution >= 0.6 is 11.8 Å². The van der Waals surface area contributed by atoms with Crippen molar-refractivity contribution in [2.75, 3.05) is 11.1 Å². The first kappa shape index (κ1) is 28.7. The molecule has 8 nitrogen and oxygen atoms in total. The number of fused-ring (bicyclic) bond motifs is 1. The van der Waals surface area contributed by atoms with E-state index in [1.54, 1.807) is 40.6 Å². The molecule has 0 aliphatic carbocycles. The number of carboxylic acids is 1. The van der Waals surface area contributed by atoms with E-state index in [0.717, 1.165) is 29.0 Å². The standard InChI is InChI=1S/C28H25F3N4O4S/c1-2-13-35-23-11-10-21(40-14-12-17-6-8-18(9-7-17)26(37)38)16-22(23)24(25(35)36)33-34-27(39)32-20-5-3-4-19(15-20)28(29,30)31/h3-11,15-16,36H,2,12-14H2,1H3,(H,32,39)(H,37,38). The van der Waals surface area contributed by atoms with Crippen molar-refractivity contribution in [2.45, 2.75) is 37.4 Å². The lowest BCUT2D eigenvalue weighted by Crippen LogP contribution is -2.08. The Morgan fingerprint density at radius 2 is 1.80 bits per heavy atom. The van der Waals surface area contributed by atoms with Crippen molar-refractivity contribution in [1.29, 1.82) is 0 Å². The number of rotatable bonds is 9. The zero-order valence-electron chi connectivity index (χ0n) is 21.3. The number of aromatic nitrogens is 1. The van der Waals surface area contributed by atoms with Gasteiger partial charge in [0, 0.05) is 28.3 Å². The second-order valence-electron chi connectivity index (χ2n) is 8.81. The zero-order valence-corrected chi connectivity index (χ0v) is 22.1. The van der Waals surface area contributed by atoms with Gasteiger partial charge < -0.3 is 20.1 Å². The summed E-state index contributed by atoms with van der Waals surface area (Å²) in [6, 6.07) is 15.4. The SMILES string of the molecule is CCCn1c(O)c(N=NC(=O)Nc2cccc(C(F)(F)F)c2)c2cc(SCCc3ccc(C(=O)O)cc3)ccc21. The van der Waals surface area contributed by atoms with Crippen molar-refractivity contribution in [2.24, 2.45) is 10.2 Å². The summed E-state index contributed by atoms with van der Waals surface area (Å²) in [4.78, 5) is 24.3. The molecule has 208 valence electrons. The third-order valence-corrected chi connectivity index (χ3v) is 6.97. The van der Waals surface area contributed by atoms with Gasteiger partial charge in [0.05, 0.1) is 16.6 Å². The summed E-state index contributed by atoms with van der Waals surface area (Å²) in [6.45, 7) is 2.44. The Morgan fingerprint density at radius 1 is 1.05 bits per heavy atom. The number of hydrogen-bond donors (Lipinski definition) is 3. The van der Waals surface area contributed by atoms with Crippen molar-refractivity contribution in [3.05, 3.63) is 83.4 Å². The lowest BCUT2D eigenvalue weighted by atomic mass is 10.1. The Hall–Kier alpha value is -4.32. The number of nitrogens with one attached hydrogen (secondary N) is 1. The monoisotopic (exact) mass is 570 g/mol. The molecule has 0 saturated heterocycles. The first-order valence-electron chi connectivity index (χ1n) is 12.3. The number of nitrogens with zero attached hydrogens (tertiary/aromatic N) is 3. The van der Waals surface area contributed by atoms with Crippen molar-refractivity contribution in [3.8, 4) is 5.88 Å². The number of hydrogen-bond acceptors (Lipinski definition) is 5. The molecule has 3 aromatic carbocycles. The predicted molar refractivity (Wildman–Crippen MR) is 147 cm³/mol. The van der Waals surface area contributed by atoms with Crippen LogP contribution in [0.15, 0.2) is 81.9 Å². The third kappa shape index (κ3) is 6.81. The molecule has 0 aliphatic rings. The topological polar surface area (TPSA) is 116 Å². The normalized spacial score (nSPS) is 11.8. The van der Waals surface area contributed by atoms with E-state index in [4.69, 9.17) is 5.11 Å². The van der Waals surface area contributed by atoms with Crippen LogP contribution in [0.4, 0.5) is 29.3 Å². The molecule has 0 radical (unpaired) electrons. The number of carboxylic acid groups (broad SMARTS) is 1. The fraction of sp³-hybridized carbons (Fsp3) is 0.214. The summed E-state index contributed by atoms with van der Waals surface area (Å²) in [6.07, 6.45) is -3.13. The molecule has 0 aliphatic heterocycles. The van der Waals surface area contributed by atoms with Crippen LogP contribution in [0.5, 0.6) is 5.88 Å². The molecule has 0 fully saturated rings. The van der Waals surface area contributed by atoms with E-state index in [1.807, 2.05) is 25.1 Å². The van der Waals surface area contributed by atoms with Crippen LogP contribution in [0.3, 0.4) is 0 Å². The number of halogens is 3. The van der Waals surface area contributed by atoms with E-state index < -0.39 is 23.7 Å². The van der Waals surface area contributed by atoms with Crippen molar-refractivity contribution in [1.82, 2.24) is 4.57 Å². The van der Waals surface area contributed by atoms with Crippen molar-refractivity contribution >= 4 is 46.0 Å². The van der Waals surface area contributed by atoms with Gasteiger partial charge in [-0.25, -0.2) is 9.59 Å². The number of carbonyl (C=O) groups is 2. The maximum absolute atomic E-state index is 13.0. The van der Waals surface area contributed by atoms with E-state index in [1.165, 1.54) is 12.1 Å². The van der Waals surface area contributed by atoms with Gasteiger partial charge in [-0.3, -0.25) is 0 Å². The Labute approximate surface area is 231 Å². The molecule has 4 aromatic rings. The molecule has 12 heteroatoms. The highest BCUT2D eigenvalue weighted by molar-refractivity contribution is 7.99. The van der Waals surface area contributed by atoms with E-state index >= 15 is 0 Å². The summed E-state index contributed by atoms with van der Waals surface area (Å²) < 4.78 is 40.6. The maximum atomic E-state index is 13.0. The molecule has 0 saturated carbocycles. The minimum absolute atomic E-state index is 0.0781. The van der Waals surface area contributed by atoms with Gasteiger partial charge in [0.25, 0.3) is 0 Å². The van der Waals surface area contributed by atoms with Crippen LogP contribution in [0.1, 0.15) is 34.8 Å². The molecule has 40 heavy (non-hydrogen) atoms. The second-order valence-corrected chi connectivity index (χ2v) is 9.98. The number of carbonyl (C=O) groups excluding carboxylic acids is 1. The smallest absolute Gasteiger partial charge is 0.416 e. The van der Waals surface area contributed by atoms with Gasteiger partial charge in [0.15, 0.2) is 5.69 Å². The van der Waals surface area contributed by atoms with Crippen LogP contribution < -0.4 is 5.32 Å². The van der Waals surface area contributed by atoms with Gasteiger partial charge in [-0.1, -0.05) is 30.2 Å². The van der Waals surface area contributed by atoms with Crippen molar-refractivity contribution in [3.63, 3.8) is 0 Å². The van der Waals surface area contributed by atoms with Gasteiger partial charge in [0.1, 0.15) is 0 Å². The number of urea groups is 1. The number of aromatic hydroxyl groups is 1. The van der Waals surface area contributed by atoms with E-state index in [2.05, 4.69) is 15.5 Å². The van der Waals surface area contributed by atoms with Crippen LogP contribution in [-0.2, 0) is 19.1 Å². The van der Waals surface area contributed by atoms with Crippen molar-refractivity contribution < 1.29 is 33.0 Å². The Bertz CT molecular complexity index is 1570. The van der Waals surface area contributed by atoms with Crippen LogP contribution in [-0.4, -0.2) is 32.5 Å². The second kappa shape index (κ2) is 12.2. The fourth-order valence-corrected chi connectivity index (χ4v) is 5.00. The minimum atomic E-state index is -4.56. The molecule has 1 aromatic heterocycles. The van der Waals surface area contributed by atoms with Crippen LogP contribution in [0, 0.1) is 0 Å². The average Bonchev–Trinajstić information content (AvgIpc) is 3.17. The molecule has 1 heterocycles. The summed E-state index contributed by atoms with van der Waals surface area (Å²) >= 11 is 1.56. The van der Waals surface area contributed by atoms with Gasteiger partial charge in [-0.15, -0.1) is 16.9 Å². The van der Waals surface area contributed by atoms with Crippen LogP contribution in [0.2, 0.25) is 0 Å². The van der Waals surface area contributed by atoms with E-state index in [0.29, 0.717) is 29.6 Å². The third-order valence-electron chi connectivity index (χ3n) is 5.97. The number of azo groups is 1. The number of benzene rings is 3. The quantitative estimate of drug-likeness (QED) is 0.139. The number of aryl methyl sites for hydroxylation is 2. The first-order chi connectivity index (χ1) is 19.1. The average molecular weight is 571 g/mol. The van der Waals surface area contributed by atoms with Gasteiger partial charge in [-0.2, -0.15) is 13.2 Å². The Kier molecular flexibility index (Phi) is 8.78. The highest BCUT2D eigenvalue weighted by atomic mass is 32.2. The Morgan fingerprint density at radius 3 is 2.48 bits per heavy atom. The highest BCUT2D eigenvalue weighted by Crippen LogP contribution is 2.41. The molecule has 0 atom stereocenters. The zero-order chi connectivity index (χ0) is 28.9. The predicted octanol–water partition coefficient (Wildman–Crippen LogP) is 8.12. The van der Waals surface area contributed by atoms with E-state index in [9.17, 15) is 27.9 Å². The van der Waals surface area contributed by atoms with E-state index in [-0.39, 0.29) is 22.8 Å². The lowest BCUT2D eigenvalue weighted by molar-refractivity contribution is -0.137. The summed E-state index contributed by atoms with van der Waals surface area (Å²) in [5.74, 6) is -0.447. The highest BCUT2D eigenvalue weighted by Gasteiger charge is 2.30. The van der Waals surface area contributed by atoms with Gasteiger partial charge in [0.2, 0.25) is 5.88 Å². The first-order valence-corrected chi connectivity index (χ1v) is 13.3. The maximum Gasteiger partial charge on any atom is 0.416 e. The van der Waals surface area contributed by atoms with Gasteiger partial charge >= 0.3 is 18.2 Å². The number of thioether (sulfide) groups is 1. The summed E-state index contributed by atoms with van der Waals surface area (Å²) in [5.41, 5.74) is 0.988. The molecule has 0 unspecified atom stereocenters. The van der Waals surface area contributed by atoms with Gasteiger partial charge in [-0.05, 0) is 66.9 Å². The molecule has 4 rings (SSSR count). The number of alkyl halides is 3. The van der Waals surface area contributed by atoms with Crippen LogP contribution in [0.25, 0.3) is 10.9 Å². The molecule has 0 bridgehead atoms. The molecular formula is C28H25F3N4O4S. The lowest BCUT2D eigenvalue weighted by Gasteiger charge is -2.08. The number of anilines is 1.